The molecule has 0 amide bonds. The lowest BCUT2D eigenvalue weighted by Crippen LogP contribution is -2.32. The van der Waals surface area contributed by atoms with Gasteiger partial charge in [-0.05, 0) is 49.4 Å². The molecule has 0 saturated heterocycles. The van der Waals surface area contributed by atoms with E-state index in [0.717, 1.165) is 11.1 Å². The number of carboxylic acids is 1. The van der Waals surface area contributed by atoms with Gasteiger partial charge in [0, 0.05) is 0 Å². The van der Waals surface area contributed by atoms with Gasteiger partial charge in [0.15, 0.2) is 0 Å². The number of ether oxygens (including phenoxy) is 1. The number of rotatable bonds is 8. The molecule has 0 spiro atoms. The number of benzene rings is 1. The third kappa shape index (κ3) is 5.26. The molecule has 0 aliphatic rings. The van der Waals surface area contributed by atoms with Crippen LogP contribution in [0.4, 0.5) is 4.39 Å². The van der Waals surface area contributed by atoms with Crippen molar-refractivity contribution in [1.29, 1.82) is 0 Å². The number of aliphatic carboxylic acids is 1. The molecule has 4 nitrogen and oxygen atoms in total. The molecule has 19 heavy (non-hydrogen) atoms. The average Bonchev–Trinajstić information content (AvgIpc) is 2.38. The van der Waals surface area contributed by atoms with Crippen molar-refractivity contribution < 1.29 is 19.0 Å². The lowest BCUT2D eigenvalue weighted by Gasteiger charge is -2.12. The average molecular weight is 269 g/mol. The molecule has 106 valence electrons. The fourth-order valence-corrected chi connectivity index (χ4v) is 1.67. The summed E-state index contributed by atoms with van der Waals surface area (Å²) in [6, 6.07) is 4.57. The van der Waals surface area contributed by atoms with E-state index in [1.54, 1.807) is 6.07 Å². The van der Waals surface area contributed by atoms with Gasteiger partial charge in [0.25, 0.3) is 0 Å². The Kier molecular flexibility index (Phi) is 6.29. The molecular formula is C14H20FNO3. The van der Waals surface area contributed by atoms with Crippen LogP contribution in [0.15, 0.2) is 18.2 Å². The topological polar surface area (TPSA) is 72.5 Å². The van der Waals surface area contributed by atoms with E-state index in [0.29, 0.717) is 25.2 Å². The highest BCUT2D eigenvalue weighted by Crippen LogP contribution is 2.19. The first-order chi connectivity index (χ1) is 9.04. The fourth-order valence-electron chi connectivity index (χ4n) is 1.67. The zero-order chi connectivity index (χ0) is 14.3. The minimum atomic E-state index is -1.02. The maximum Gasteiger partial charge on any atom is 0.320 e. The zero-order valence-corrected chi connectivity index (χ0v) is 11.1. The number of hydrogen-bond acceptors (Lipinski definition) is 3. The van der Waals surface area contributed by atoms with E-state index in [1.165, 1.54) is 0 Å². The summed E-state index contributed by atoms with van der Waals surface area (Å²) < 4.78 is 17.4. The molecule has 0 aliphatic heterocycles. The van der Waals surface area contributed by atoms with E-state index in [9.17, 15) is 9.18 Å². The number of nitrogens with two attached hydrogens (primary N) is 1. The molecule has 1 atom stereocenters. The Morgan fingerprint density at radius 1 is 1.47 bits per heavy atom. The van der Waals surface area contributed by atoms with Crippen molar-refractivity contribution in [2.45, 2.75) is 32.2 Å². The molecule has 0 radical (unpaired) electrons. The molecule has 1 unspecified atom stereocenters. The molecule has 0 aromatic heterocycles. The van der Waals surface area contributed by atoms with Crippen molar-refractivity contribution in [2.75, 3.05) is 13.3 Å². The van der Waals surface area contributed by atoms with Gasteiger partial charge in [-0.2, -0.15) is 0 Å². The van der Waals surface area contributed by atoms with E-state index in [2.05, 4.69) is 0 Å². The van der Waals surface area contributed by atoms with Crippen LogP contribution in [0.2, 0.25) is 0 Å². The predicted molar refractivity (Wildman–Crippen MR) is 71.2 cm³/mol. The van der Waals surface area contributed by atoms with Crippen molar-refractivity contribution in [3.8, 4) is 5.75 Å². The second-order valence-electron chi connectivity index (χ2n) is 4.48. The van der Waals surface area contributed by atoms with Gasteiger partial charge in [0.2, 0.25) is 0 Å². The first kappa shape index (κ1) is 15.4. The van der Waals surface area contributed by atoms with Crippen LogP contribution < -0.4 is 10.5 Å². The van der Waals surface area contributed by atoms with Crippen LogP contribution in [-0.4, -0.2) is 30.4 Å². The number of aryl methyl sites for hydroxylation is 1. The molecule has 0 fully saturated rings. The van der Waals surface area contributed by atoms with Crippen LogP contribution in [0.5, 0.6) is 5.75 Å². The molecule has 1 rings (SSSR count). The lowest BCUT2D eigenvalue weighted by atomic mass is 10.0. The van der Waals surface area contributed by atoms with E-state index in [1.807, 2.05) is 19.1 Å². The Balaban J connectivity index is 2.63. The SMILES string of the molecule is Cc1ccc(OCCCCF)cc1CC(N)C(=O)O. The third-order valence-electron chi connectivity index (χ3n) is 2.87. The highest BCUT2D eigenvalue weighted by Gasteiger charge is 2.14. The van der Waals surface area contributed by atoms with Crippen LogP contribution in [0.25, 0.3) is 0 Å². The normalized spacial score (nSPS) is 12.2. The predicted octanol–water partition coefficient (Wildman–Crippen LogP) is 2.08. The van der Waals surface area contributed by atoms with Crippen LogP contribution in [0.1, 0.15) is 24.0 Å². The summed E-state index contributed by atoms with van der Waals surface area (Å²) in [5.41, 5.74) is 7.36. The number of carbonyl (C=O) groups is 1. The van der Waals surface area contributed by atoms with Crippen molar-refractivity contribution in [3.63, 3.8) is 0 Å². The fraction of sp³-hybridized carbons (Fsp3) is 0.500. The standard InChI is InChI=1S/C14H20FNO3/c1-10-4-5-12(19-7-3-2-6-15)8-11(10)9-13(16)14(17)18/h4-5,8,13H,2-3,6-7,9,16H2,1H3,(H,17,18). The molecule has 1 aromatic rings. The maximum absolute atomic E-state index is 11.9. The Bertz CT molecular complexity index is 423. The maximum atomic E-state index is 11.9. The lowest BCUT2D eigenvalue weighted by molar-refractivity contribution is -0.138. The second-order valence-corrected chi connectivity index (χ2v) is 4.48. The van der Waals surface area contributed by atoms with E-state index < -0.39 is 12.0 Å². The minimum Gasteiger partial charge on any atom is -0.494 e. The summed E-state index contributed by atoms with van der Waals surface area (Å²) in [4.78, 5) is 10.8. The van der Waals surface area contributed by atoms with Gasteiger partial charge >= 0.3 is 5.97 Å². The number of unbranched alkanes of at least 4 members (excludes halogenated alkanes) is 1. The number of carboxylic acid groups (broad SMARTS) is 1. The van der Waals surface area contributed by atoms with Gasteiger partial charge in [0.05, 0.1) is 13.3 Å². The van der Waals surface area contributed by atoms with Gasteiger partial charge in [-0.15, -0.1) is 0 Å². The monoisotopic (exact) mass is 269 g/mol. The largest absolute Gasteiger partial charge is 0.494 e. The Morgan fingerprint density at radius 2 is 2.21 bits per heavy atom. The quantitative estimate of drug-likeness (QED) is 0.709. The van der Waals surface area contributed by atoms with Gasteiger partial charge in [-0.3, -0.25) is 9.18 Å². The van der Waals surface area contributed by atoms with E-state index in [4.69, 9.17) is 15.6 Å². The number of hydrogen-bond donors (Lipinski definition) is 2. The third-order valence-corrected chi connectivity index (χ3v) is 2.87. The van der Waals surface area contributed by atoms with Crippen LogP contribution in [-0.2, 0) is 11.2 Å². The van der Waals surface area contributed by atoms with Gasteiger partial charge < -0.3 is 15.6 Å². The number of alkyl halides is 1. The number of halogens is 1. The van der Waals surface area contributed by atoms with Gasteiger partial charge in [0.1, 0.15) is 11.8 Å². The van der Waals surface area contributed by atoms with Gasteiger partial charge in [-0.1, -0.05) is 6.07 Å². The van der Waals surface area contributed by atoms with Crippen molar-refractivity contribution in [1.82, 2.24) is 0 Å². The molecule has 5 heteroatoms. The Morgan fingerprint density at radius 3 is 2.84 bits per heavy atom. The molecule has 1 aromatic carbocycles. The van der Waals surface area contributed by atoms with E-state index >= 15 is 0 Å². The minimum absolute atomic E-state index is 0.267. The van der Waals surface area contributed by atoms with Crippen molar-refractivity contribution in [3.05, 3.63) is 29.3 Å². The first-order valence-corrected chi connectivity index (χ1v) is 6.31. The summed E-state index contributed by atoms with van der Waals surface area (Å²) in [5, 5.41) is 8.81. The summed E-state index contributed by atoms with van der Waals surface area (Å²) >= 11 is 0. The first-order valence-electron chi connectivity index (χ1n) is 6.31. The highest BCUT2D eigenvalue weighted by molar-refractivity contribution is 5.73. The van der Waals surface area contributed by atoms with Crippen molar-refractivity contribution in [2.24, 2.45) is 5.73 Å². The summed E-state index contributed by atoms with van der Waals surface area (Å²) in [5.74, 6) is -0.356. The van der Waals surface area contributed by atoms with E-state index in [-0.39, 0.29) is 13.1 Å². The smallest absolute Gasteiger partial charge is 0.320 e. The summed E-state index contributed by atoms with van der Waals surface area (Å²) in [6.45, 7) is 2.02. The Labute approximate surface area is 112 Å². The second kappa shape index (κ2) is 7.74. The molecular weight excluding hydrogens is 249 g/mol. The summed E-state index contributed by atoms with van der Waals surface area (Å²) in [7, 11) is 0. The molecule has 0 aliphatic carbocycles. The zero-order valence-electron chi connectivity index (χ0n) is 11.1. The van der Waals surface area contributed by atoms with Gasteiger partial charge in [-0.25, -0.2) is 0 Å². The summed E-state index contributed by atoms with van der Waals surface area (Å²) in [6.07, 6.45) is 1.42. The Hall–Kier alpha value is -1.62. The van der Waals surface area contributed by atoms with Crippen LogP contribution >= 0.6 is 0 Å². The highest BCUT2D eigenvalue weighted by atomic mass is 19.1. The molecule has 0 saturated carbocycles. The van der Waals surface area contributed by atoms with Crippen LogP contribution in [0.3, 0.4) is 0 Å². The van der Waals surface area contributed by atoms with Crippen LogP contribution in [0, 0.1) is 6.92 Å². The van der Waals surface area contributed by atoms with Crippen molar-refractivity contribution >= 4 is 5.97 Å². The molecule has 3 N–H and O–H groups in total. The molecule has 0 bridgehead atoms. The molecule has 0 heterocycles.